The van der Waals surface area contributed by atoms with Crippen molar-refractivity contribution in [2.24, 2.45) is 0 Å². The molecule has 4 unspecified atom stereocenters. The first kappa shape index (κ1) is 29.2. The van der Waals surface area contributed by atoms with Crippen molar-refractivity contribution in [2.45, 2.75) is 69.4 Å². The Balaban J connectivity index is 1.43. The zero-order valence-electron chi connectivity index (χ0n) is 22.7. The van der Waals surface area contributed by atoms with Gasteiger partial charge in [0, 0.05) is 34.8 Å². The van der Waals surface area contributed by atoms with Crippen LogP contribution in [0.3, 0.4) is 0 Å². The number of hydrogen-bond acceptors (Lipinski definition) is 6. The molecule has 2 amide bonds. The fourth-order valence-corrected chi connectivity index (χ4v) is 6.61. The van der Waals surface area contributed by atoms with Gasteiger partial charge in [0.05, 0.1) is 23.8 Å². The quantitative estimate of drug-likeness (QED) is 0.349. The van der Waals surface area contributed by atoms with Crippen molar-refractivity contribution in [3.63, 3.8) is 0 Å². The minimum Gasteiger partial charge on any atom is -0.389 e. The topological polar surface area (TPSA) is 94.6 Å². The first-order valence-electron chi connectivity index (χ1n) is 13.8. The summed E-state index contributed by atoms with van der Waals surface area (Å²) in [4.78, 5) is 33.1. The second kappa shape index (κ2) is 12.3. The zero-order valence-corrected chi connectivity index (χ0v) is 23.5. The lowest BCUT2D eigenvalue weighted by molar-refractivity contribution is -0.137. The third kappa shape index (κ3) is 6.79. The van der Waals surface area contributed by atoms with E-state index in [0.717, 1.165) is 47.8 Å². The second-order valence-corrected chi connectivity index (χ2v) is 11.6. The summed E-state index contributed by atoms with van der Waals surface area (Å²) >= 11 is 1.42. The number of nitrogens with zero attached hydrogens (tertiary/aromatic N) is 2. The van der Waals surface area contributed by atoms with Gasteiger partial charge in [0.25, 0.3) is 11.8 Å². The van der Waals surface area contributed by atoms with Crippen molar-refractivity contribution in [3.8, 4) is 0 Å². The number of aliphatic hydroxyl groups excluding tert-OH is 1. The lowest BCUT2D eigenvalue weighted by Gasteiger charge is -2.29. The number of nitrogens with one attached hydrogen (secondary N) is 2. The van der Waals surface area contributed by atoms with Crippen LogP contribution in [0.2, 0.25) is 0 Å². The minimum atomic E-state index is -4.77. The van der Waals surface area contributed by atoms with E-state index in [2.05, 4.69) is 15.6 Å². The van der Waals surface area contributed by atoms with Gasteiger partial charge < -0.3 is 20.6 Å². The van der Waals surface area contributed by atoms with Crippen LogP contribution in [0.1, 0.15) is 74.3 Å². The summed E-state index contributed by atoms with van der Waals surface area (Å²) < 4.78 is 41.9. The first-order chi connectivity index (χ1) is 19.6. The summed E-state index contributed by atoms with van der Waals surface area (Å²) in [6.45, 7) is 2.98. The van der Waals surface area contributed by atoms with Gasteiger partial charge >= 0.3 is 6.18 Å². The normalized spacial score (nSPS) is 20.7. The number of amides is 2. The molecule has 5 rings (SSSR count). The number of halogens is 3. The number of aliphatic hydroxyl groups is 1. The standard InChI is InChI=1S/C30H33F3N4O3S/c1-18-17-41-28(35-18)25-10-6-12-37(25)29(40)21-14-20(15-22(16-21)30(31,32)33)27(39)36-24(13-19-7-3-2-4-8-19)26(38)23-9-5-11-34-23/h2-4,7-8,14-17,23-26,34,38H,5-6,9-13H2,1H3,(H,36,39). The van der Waals surface area contributed by atoms with E-state index in [1.807, 2.05) is 42.6 Å². The van der Waals surface area contributed by atoms with Crippen LogP contribution in [0.5, 0.6) is 0 Å². The third-order valence-electron chi connectivity index (χ3n) is 7.74. The minimum absolute atomic E-state index is 0.206. The van der Waals surface area contributed by atoms with E-state index >= 15 is 0 Å². The van der Waals surface area contributed by atoms with Gasteiger partial charge in [-0.2, -0.15) is 13.2 Å². The van der Waals surface area contributed by atoms with Gasteiger partial charge in [0.15, 0.2) is 0 Å². The molecule has 41 heavy (non-hydrogen) atoms. The molecule has 3 heterocycles. The lowest BCUT2D eigenvalue weighted by Crippen LogP contribution is -2.52. The molecule has 11 heteroatoms. The van der Waals surface area contributed by atoms with Crippen LogP contribution < -0.4 is 10.6 Å². The van der Waals surface area contributed by atoms with Crippen LogP contribution in [0.4, 0.5) is 13.2 Å². The maximum absolute atomic E-state index is 14.0. The fraction of sp³-hybridized carbons (Fsp3) is 0.433. The molecule has 1 aromatic heterocycles. The Labute approximate surface area is 240 Å². The van der Waals surface area contributed by atoms with Gasteiger partial charge in [-0.25, -0.2) is 4.98 Å². The number of benzene rings is 2. The van der Waals surface area contributed by atoms with E-state index in [9.17, 15) is 27.9 Å². The van der Waals surface area contributed by atoms with E-state index in [0.29, 0.717) is 25.8 Å². The molecule has 2 aromatic carbocycles. The van der Waals surface area contributed by atoms with Gasteiger partial charge in [-0.05, 0) is 69.3 Å². The van der Waals surface area contributed by atoms with Gasteiger partial charge in [0.1, 0.15) is 5.01 Å². The molecule has 2 saturated heterocycles. The molecule has 3 aromatic rings. The number of likely N-dealkylation sites (tertiary alicyclic amines) is 1. The molecule has 2 aliphatic rings. The van der Waals surface area contributed by atoms with Crippen molar-refractivity contribution in [3.05, 3.63) is 86.9 Å². The molecule has 2 aliphatic heterocycles. The summed E-state index contributed by atoms with van der Waals surface area (Å²) in [5.74, 6) is -1.35. The Morgan fingerprint density at radius 2 is 1.90 bits per heavy atom. The zero-order chi connectivity index (χ0) is 29.1. The summed E-state index contributed by atoms with van der Waals surface area (Å²) in [7, 11) is 0. The number of alkyl halides is 3. The largest absolute Gasteiger partial charge is 0.416 e. The van der Waals surface area contributed by atoms with Crippen LogP contribution in [0.25, 0.3) is 0 Å². The number of aryl methyl sites for hydroxylation is 1. The summed E-state index contributed by atoms with van der Waals surface area (Å²) in [5.41, 5.74) is 0.123. The Morgan fingerprint density at radius 1 is 1.15 bits per heavy atom. The molecule has 4 atom stereocenters. The maximum Gasteiger partial charge on any atom is 0.416 e. The highest BCUT2D eigenvalue weighted by molar-refractivity contribution is 7.09. The summed E-state index contributed by atoms with van der Waals surface area (Å²) in [6, 6.07) is 10.7. The smallest absolute Gasteiger partial charge is 0.389 e. The van der Waals surface area contributed by atoms with E-state index < -0.39 is 35.7 Å². The number of carbonyl (C=O) groups is 2. The van der Waals surface area contributed by atoms with Crippen LogP contribution >= 0.6 is 11.3 Å². The van der Waals surface area contributed by atoms with E-state index in [1.165, 1.54) is 17.4 Å². The molecule has 0 radical (unpaired) electrons. The maximum atomic E-state index is 14.0. The van der Waals surface area contributed by atoms with E-state index in [1.54, 1.807) is 4.90 Å². The van der Waals surface area contributed by atoms with Crippen molar-refractivity contribution >= 4 is 23.2 Å². The number of hydrogen-bond donors (Lipinski definition) is 3. The number of rotatable bonds is 8. The number of aromatic nitrogens is 1. The van der Waals surface area contributed by atoms with Gasteiger partial charge in [0.2, 0.25) is 0 Å². The van der Waals surface area contributed by atoms with Crippen molar-refractivity contribution < 1.29 is 27.9 Å². The Morgan fingerprint density at radius 3 is 2.56 bits per heavy atom. The molecule has 0 aliphatic carbocycles. The molecule has 218 valence electrons. The predicted molar refractivity (Wildman–Crippen MR) is 150 cm³/mol. The fourth-order valence-electron chi connectivity index (χ4n) is 5.66. The monoisotopic (exact) mass is 586 g/mol. The summed E-state index contributed by atoms with van der Waals surface area (Å²) in [6.07, 6.45) is -2.46. The third-order valence-corrected chi connectivity index (χ3v) is 8.81. The van der Waals surface area contributed by atoms with Crippen LogP contribution in [-0.2, 0) is 12.6 Å². The van der Waals surface area contributed by atoms with E-state index in [-0.39, 0.29) is 23.2 Å². The summed E-state index contributed by atoms with van der Waals surface area (Å²) in [5, 5.41) is 19.8. The molecular formula is C30H33F3N4O3S. The highest BCUT2D eigenvalue weighted by atomic mass is 32.1. The molecule has 3 N–H and O–H groups in total. The number of thiazole rings is 1. The Kier molecular flexibility index (Phi) is 8.77. The Hall–Kier alpha value is -3.28. The molecule has 0 bridgehead atoms. The van der Waals surface area contributed by atoms with Gasteiger partial charge in [-0.3, -0.25) is 9.59 Å². The SMILES string of the molecule is Cc1csc(C2CCCN2C(=O)c2cc(C(=O)NC(Cc3ccccc3)C(O)C3CCCN3)cc(C(F)(F)F)c2)n1. The average molecular weight is 587 g/mol. The highest BCUT2D eigenvalue weighted by Crippen LogP contribution is 2.36. The van der Waals surface area contributed by atoms with Gasteiger partial charge in [-0.1, -0.05) is 30.3 Å². The lowest BCUT2D eigenvalue weighted by atomic mass is 9.94. The van der Waals surface area contributed by atoms with Crippen molar-refractivity contribution in [1.29, 1.82) is 0 Å². The average Bonchev–Trinajstić information content (AvgIpc) is 3.74. The highest BCUT2D eigenvalue weighted by Gasteiger charge is 2.37. The Bertz CT molecular complexity index is 1370. The molecule has 0 saturated carbocycles. The first-order valence-corrected chi connectivity index (χ1v) is 14.7. The van der Waals surface area contributed by atoms with Crippen molar-refractivity contribution in [2.75, 3.05) is 13.1 Å². The van der Waals surface area contributed by atoms with Gasteiger partial charge in [-0.15, -0.1) is 11.3 Å². The van der Waals surface area contributed by atoms with Crippen LogP contribution in [-0.4, -0.2) is 58.1 Å². The van der Waals surface area contributed by atoms with Crippen LogP contribution in [0.15, 0.2) is 53.9 Å². The molecule has 7 nitrogen and oxygen atoms in total. The number of carbonyl (C=O) groups excluding carboxylic acids is 2. The predicted octanol–water partition coefficient (Wildman–Crippen LogP) is 4.90. The molecule has 0 spiro atoms. The second-order valence-electron chi connectivity index (χ2n) is 10.7. The van der Waals surface area contributed by atoms with Crippen LogP contribution in [0, 0.1) is 6.92 Å². The van der Waals surface area contributed by atoms with Crippen molar-refractivity contribution in [1.82, 2.24) is 20.5 Å². The van der Waals surface area contributed by atoms with E-state index in [4.69, 9.17) is 0 Å². The molecule has 2 fully saturated rings. The molecular weight excluding hydrogens is 553 g/mol.